The Morgan fingerprint density at radius 2 is 1.67 bits per heavy atom. The average molecular weight is 305 g/mol. The third-order valence-corrected chi connectivity index (χ3v) is 4.65. The Labute approximate surface area is 123 Å². The zero-order valence-corrected chi connectivity index (χ0v) is 12.0. The van der Waals surface area contributed by atoms with Crippen LogP contribution in [-0.4, -0.2) is 19.5 Å². The van der Waals surface area contributed by atoms with Gasteiger partial charge in [0.05, 0.1) is 17.1 Å². The van der Waals surface area contributed by atoms with Gasteiger partial charge in [-0.25, -0.2) is 8.42 Å². The number of carbonyl (C=O) groups is 1. The number of benzene rings is 2. The molecule has 2 aromatic rings. The topological polar surface area (TPSA) is 97.5 Å². The number of hydrogen-bond acceptors (Lipinski definition) is 4. The Balaban J connectivity index is 2.24. The summed E-state index contributed by atoms with van der Waals surface area (Å²) in [7, 11) is -3.48. The van der Waals surface area contributed by atoms with E-state index < -0.39 is 15.8 Å². The number of sulfone groups is 1. The molecule has 21 heavy (non-hydrogen) atoms. The van der Waals surface area contributed by atoms with Gasteiger partial charge in [0, 0.05) is 5.69 Å². The summed E-state index contributed by atoms with van der Waals surface area (Å²) in [6.45, 7) is 0. The van der Waals surface area contributed by atoms with Crippen molar-refractivity contribution in [3.05, 3.63) is 59.7 Å². The van der Waals surface area contributed by atoms with Gasteiger partial charge in [0.1, 0.15) is 0 Å². The van der Waals surface area contributed by atoms with Crippen molar-refractivity contribution in [1.82, 2.24) is 0 Å². The Bertz CT molecular complexity index is 751. The Morgan fingerprint density at radius 3 is 2.29 bits per heavy atom. The van der Waals surface area contributed by atoms with Crippen molar-refractivity contribution < 1.29 is 18.3 Å². The standard InChI is InChI=1S/C15H15NO4S/c16-13-4-6-14(7-5-13)21(19,20)10-12-3-1-2-11(8-12)9-15(17)18/h1-8H,9-10,16H2,(H,17,18). The Morgan fingerprint density at radius 1 is 1.05 bits per heavy atom. The van der Waals surface area contributed by atoms with Crippen LogP contribution in [0.25, 0.3) is 0 Å². The van der Waals surface area contributed by atoms with Gasteiger partial charge in [0.2, 0.25) is 0 Å². The molecule has 0 aliphatic heterocycles. The molecule has 0 spiro atoms. The third kappa shape index (κ3) is 4.06. The zero-order chi connectivity index (χ0) is 15.5. The second-order valence-electron chi connectivity index (χ2n) is 4.72. The number of hydrogen-bond donors (Lipinski definition) is 2. The highest BCUT2D eigenvalue weighted by atomic mass is 32.2. The van der Waals surface area contributed by atoms with E-state index in [9.17, 15) is 13.2 Å². The van der Waals surface area contributed by atoms with Crippen LogP contribution in [0.1, 0.15) is 11.1 Å². The van der Waals surface area contributed by atoms with Gasteiger partial charge in [-0.15, -0.1) is 0 Å². The number of nitrogen functional groups attached to an aromatic ring is 1. The fourth-order valence-corrected chi connectivity index (χ4v) is 3.32. The highest BCUT2D eigenvalue weighted by molar-refractivity contribution is 7.90. The van der Waals surface area contributed by atoms with Crippen LogP contribution >= 0.6 is 0 Å². The SMILES string of the molecule is Nc1ccc(S(=O)(=O)Cc2cccc(CC(=O)O)c2)cc1. The number of carboxylic acids is 1. The van der Waals surface area contributed by atoms with Gasteiger partial charge in [0.25, 0.3) is 0 Å². The first-order valence-electron chi connectivity index (χ1n) is 6.25. The van der Waals surface area contributed by atoms with Gasteiger partial charge in [0.15, 0.2) is 9.84 Å². The number of rotatable bonds is 5. The van der Waals surface area contributed by atoms with E-state index >= 15 is 0 Å². The van der Waals surface area contributed by atoms with Crippen LogP contribution in [0.15, 0.2) is 53.4 Å². The molecule has 5 nitrogen and oxygen atoms in total. The maximum absolute atomic E-state index is 12.3. The van der Waals surface area contributed by atoms with Crippen molar-refractivity contribution >= 4 is 21.5 Å². The number of aliphatic carboxylic acids is 1. The first kappa shape index (κ1) is 15.1. The molecule has 2 rings (SSSR count). The molecule has 0 fully saturated rings. The van der Waals surface area contributed by atoms with Crippen LogP contribution in [0.4, 0.5) is 5.69 Å². The molecule has 0 radical (unpaired) electrons. The van der Waals surface area contributed by atoms with Crippen molar-refractivity contribution in [1.29, 1.82) is 0 Å². The fraction of sp³-hybridized carbons (Fsp3) is 0.133. The van der Waals surface area contributed by atoms with Crippen LogP contribution in [-0.2, 0) is 26.8 Å². The van der Waals surface area contributed by atoms with Crippen LogP contribution in [0.3, 0.4) is 0 Å². The van der Waals surface area contributed by atoms with Crippen LogP contribution in [0, 0.1) is 0 Å². The average Bonchev–Trinajstić information content (AvgIpc) is 2.38. The molecule has 6 heteroatoms. The first-order chi connectivity index (χ1) is 9.87. The predicted molar refractivity (Wildman–Crippen MR) is 79.5 cm³/mol. The largest absolute Gasteiger partial charge is 0.481 e. The third-order valence-electron chi connectivity index (χ3n) is 2.94. The maximum atomic E-state index is 12.3. The molecular formula is C15H15NO4S. The van der Waals surface area contributed by atoms with Gasteiger partial charge < -0.3 is 10.8 Å². The predicted octanol–water partition coefficient (Wildman–Crippen LogP) is 1.87. The molecule has 0 aliphatic rings. The van der Waals surface area contributed by atoms with Crippen molar-refractivity contribution in [3.63, 3.8) is 0 Å². The summed E-state index contributed by atoms with van der Waals surface area (Å²) >= 11 is 0. The maximum Gasteiger partial charge on any atom is 0.307 e. The lowest BCUT2D eigenvalue weighted by Crippen LogP contribution is -2.06. The molecular weight excluding hydrogens is 290 g/mol. The van der Waals surface area contributed by atoms with Crippen molar-refractivity contribution in [2.24, 2.45) is 0 Å². The van der Waals surface area contributed by atoms with E-state index in [1.165, 1.54) is 24.3 Å². The first-order valence-corrected chi connectivity index (χ1v) is 7.90. The molecule has 0 bridgehead atoms. The number of nitrogens with two attached hydrogens (primary N) is 1. The zero-order valence-electron chi connectivity index (χ0n) is 11.2. The van der Waals surface area contributed by atoms with E-state index in [4.69, 9.17) is 10.8 Å². The Hall–Kier alpha value is -2.34. The smallest absolute Gasteiger partial charge is 0.307 e. The lowest BCUT2D eigenvalue weighted by molar-refractivity contribution is -0.136. The minimum absolute atomic E-state index is 0.129. The van der Waals surface area contributed by atoms with E-state index in [1.807, 2.05) is 0 Å². The van der Waals surface area contributed by atoms with Gasteiger partial charge >= 0.3 is 5.97 Å². The minimum Gasteiger partial charge on any atom is -0.481 e. The van der Waals surface area contributed by atoms with Crippen LogP contribution in [0.2, 0.25) is 0 Å². The molecule has 0 unspecified atom stereocenters. The second-order valence-corrected chi connectivity index (χ2v) is 6.71. The number of anilines is 1. The summed E-state index contributed by atoms with van der Waals surface area (Å²) in [5.74, 6) is -1.13. The summed E-state index contributed by atoms with van der Waals surface area (Å²) in [5.41, 5.74) is 7.17. The summed E-state index contributed by atoms with van der Waals surface area (Å²) in [6.07, 6.45) is -0.129. The van der Waals surface area contributed by atoms with Gasteiger partial charge in [-0.05, 0) is 35.4 Å². The number of carboxylic acid groups (broad SMARTS) is 1. The van der Waals surface area contributed by atoms with Gasteiger partial charge in [-0.3, -0.25) is 4.79 Å². The summed E-state index contributed by atoms with van der Waals surface area (Å²) in [6, 6.07) is 12.6. The lowest BCUT2D eigenvalue weighted by atomic mass is 10.1. The van der Waals surface area contributed by atoms with E-state index in [0.29, 0.717) is 16.8 Å². The summed E-state index contributed by atoms with van der Waals surface area (Å²) in [5, 5.41) is 8.76. The Kier molecular flexibility index (Phi) is 4.28. The molecule has 0 aromatic heterocycles. The van der Waals surface area contributed by atoms with Gasteiger partial charge in [-0.1, -0.05) is 24.3 Å². The fourth-order valence-electron chi connectivity index (χ4n) is 1.98. The minimum atomic E-state index is -3.48. The lowest BCUT2D eigenvalue weighted by Gasteiger charge is -2.06. The molecule has 0 saturated heterocycles. The van der Waals surface area contributed by atoms with E-state index in [2.05, 4.69) is 0 Å². The molecule has 0 heterocycles. The van der Waals surface area contributed by atoms with Crippen molar-refractivity contribution in [3.8, 4) is 0 Å². The normalized spacial score (nSPS) is 11.2. The molecule has 0 atom stereocenters. The summed E-state index contributed by atoms with van der Waals surface area (Å²) < 4.78 is 24.6. The van der Waals surface area contributed by atoms with Crippen LogP contribution in [0.5, 0.6) is 0 Å². The van der Waals surface area contributed by atoms with Crippen molar-refractivity contribution in [2.75, 3.05) is 5.73 Å². The molecule has 0 aliphatic carbocycles. The quantitative estimate of drug-likeness (QED) is 0.822. The molecule has 0 saturated carbocycles. The van der Waals surface area contributed by atoms with Gasteiger partial charge in [-0.2, -0.15) is 0 Å². The van der Waals surface area contributed by atoms with E-state index in [1.54, 1.807) is 24.3 Å². The van der Waals surface area contributed by atoms with E-state index in [0.717, 1.165) is 0 Å². The molecule has 0 amide bonds. The van der Waals surface area contributed by atoms with Crippen LogP contribution < -0.4 is 5.73 Å². The molecule has 3 N–H and O–H groups in total. The van der Waals surface area contributed by atoms with E-state index in [-0.39, 0.29) is 17.1 Å². The highest BCUT2D eigenvalue weighted by Crippen LogP contribution is 2.18. The molecule has 2 aromatic carbocycles. The second kappa shape index (κ2) is 5.97. The monoisotopic (exact) mass is 305 g/mol. The van der Waals surface area contributed by atoms with Crippen molar-refractivity contribution in [2.45, 2.75) is 17.1 Å². The highest BCUT2D eigenvalue weighted by Gasteiger charge is 2.15. The molecule has 110 valence electrons. The summed E-state index contributed by atoms with van der Waals surface area (Å²) in [4.78, 5) is 10.9.